The van der Waals surface area contributed by atoms with Crippen molar-refractivity contribution >= 4 is 5.97 Å². The van der Waals surface area contributed by atoms with Crippen LogP contribution >= 0.6 is 0 Å². The zero-order valence-corrected chi connectivity index (χ0v) is 12.2. The molecular formula is C14H14NNaO2. The molecule has 2 rings (SSSR count). The van der Waals surface area contributed by atoms with E-state index in [4.69, 9.17) is 5.73 Å². The summed E-state index contributed by atoms with van der Waals surface area (Å²) in [7, 11) is 0. The molecule has 3 nitrogen and oxygen atoms in total. The molecule has 0 saturated carbocycles. The number of hydrogen-bond donors (Lipinski definition) is 2. The fourth-order valence-corrected chi connectivity index (χ4v) is 1.82. The summed E-state index contributed by atoms with van der Waals surface area (Å²) in [6.07, 6.45) is 0. The molecule has 0 aromatic heterocycles. The minimum atomic E-state index is -1.50. The normalized spacial score (nSPS) is 10.5. The summed E-state index contributed by atoms with van der Waals surface area (Å²) < 4.78 is 0. The van der Waals surface area contributed by atoms with Gasteiger partial charge < -0.3 is 12.3 Å². The van der Waals surface area contributed by atoms with E-state index in [0.717, 1.165) is 0 Å². The van der Waals surface area contributed by atoms with Gasteiger partial charge in [0.05, 0.1) is 0 Å². The maximum absolute atomic E-state index is 11.5. The molecule has 0 aliphatic carbocycles. The number of hydrogen-bond acceptors (Lipinski definition) is 2. The number of carboxylic acids is 1. The zero-order chi connectivity index (χ0) is 12.3. The van der Waals surface area contributed by atoms with Gasteiger partial charge in [-0.15, -0.1) is 0 Å². The van der Waals surface area contributed by atoms with Gasteiger partial charge in [-0.2, -0.15) is 0 Å². The smallest absolute Gasteiger partial charge is 1.00 e. The van der Waals surface area contributed by atoms with Crippen molar-refractivity contribution in [1.82, 2.24) is 0 Å². The third-order valence-corrected chi connectivity index (χ3v) is 2.80. The van der Waals surface area contributed by atoms with Crippen molar-refractivity contribution in [2.24, 2.45) is 5.73 Å². The van der Waals surface area contributed by atoms with Gasteiger partial charge in [0.1, 0.15) is 0 Å². The van der Waals surface area contributed by atoms with Crippen LogP contribution < -0.4 is 35.3 Å². The van der Waals surface area contributed by atoms with Crippen molar-refractivity contribution in [3.05, 3.63) is 71.8 Å². The Morgan fingerprint density at radius 3 is 1.56 bits per heavy atom. The van der Waals surface area contributed by atoms with Gasteiger partial charge in [0.15, 0.2) is 5.54 Å². The first-order chi connectivity index (χ1) is 8.15. The first kappa shape index (κ1) is 14.9. The number of rotatable bonds is 3. The van der Waals surface area contributed by atoms with Crippen LogP contribution in [0.2, 0.25) is 0 Å². The summed E-state index contributed by atoms with van der Waals surface area (Å²) in [5.41, 5.74) is 5.72. The number of carboxylic acid groups (broad SMARTS) is 1. The molecule has 0 heterocycles. The number of benzene rings is 2. The number of aliphatic carboxylic acids is 1. The Hall–Kier alpha value is -1.13. The van der Waals surface area contributed by atoms with Crippen molar-refractivity contribution in [3.63, 3.8) is 0 Å². The molecule has 3 N–H and O–H groups in total. The topological polar surface area (TPSA) is 63.3 Å². The van der Waals surface area contributed by atoms with E-state index in [1.807, 2.05) is 12.1 Å². The van der Waals surface area contributed by atoms with Crippen molar-refractivity contribution < 1.29 is 40.9 Å². The fourth-order valence-electron chi connectivity index (χ4n) is 1.82. The molecule has 2 aromatic carbocycles. The van der Waals surface area contributed by atoms with Gasteiger partial charge in [0.2, 0.25) is 0 Å². The third-order valence-electron chi connectivity index (χ3n) is 2.80. The molecule has 0 unspecified atom stereocenters. The fraction of sp³-hybridized carbons (Fsp3) is 0.0714. The first-order valence-electron chi connectivity index (χ1n) is 5.29. The second-order valence-electron chi connectivity index (χ2n) is 3.85. The Morgan fingerprint density at radius 1 is 0.944 bits per heavy atom. The van der Waals surface area contributed by atoms with E-state index in [9.17, 15) is 9.90 Å². The molecule has 0 radical (unpaired) electrons. The van der Waals surface area contributed by atoms with Crippen LogP contribution in [-0.4, -0.2) is 11.1 Å². The van der Waals surface area contributed by atoms with Crippen molar-refractivity contribution in [3.8, 4) is 0 Å². The van der Waals surface area contributed by atoms with Crippen molar-refractivity contribution in [2.45, 2.75) is 5.54 Å². The van der Waals surface area contributed by atoms with Gasteiger partial charge in [-0.05, 0) is 11.1 Å². The summed E-state index contributed by atoms with van der Waals surface area (Å²) in [5, 5.41) is 9.41. The average molecular weight is 251 g/mol. The average Bonchev–Trinajstić information content (AvgIpc) is 2.39. The second-order valence-corrected chi connectivity index (χ2v) is 3.85. The zero-order valence-electron chi connectivity index (χ0n) is 11.2. The monoisotopic (exact) mass is 251 g/mol. The summed E-state index contributed by atoms with van der Waals surface area (Å²) >= 11 is 0. The van der Waals surface area contributed by atoms with E-state index in [0.29, 0.717) is 11.1 Å². The largest absolute Gasteiger partial charge is 1.00 e. The number of carbonyl (C=O) groups is 1. The molecule has 0 aliphatic heterocycles. The quantitative estimate of drug-likeness (QED) is 0.694. The van der Waals surface area contributed by atoms with Crippen LogP contribution in [0.25, 0.3) is 0 Å². The maximum Gasteiger partial charge on any atom is 1.00 e. The minimum absolute atomic E-state index is 0. The van der Waals surface area contributed by atoms with Gasteiger partial charge in [0, 0.05) is 0 Å². The molecule has 0 atom stereocenters. The Balaban J connectivity index is 0.00000162. The molecule has 0 fully saturated rings. The van der Waals surface area contributed by atoms with Gasteiger partial charge in [-0.25, -0.2) is 4.79 Å². The molecule has 2 aromatic rings. The molecule has 0 aliphatic rings. The molecule has 0 bridgehead atoms. The predicted octanol–water partition coefficient (Wildman–Crippen LogP) is -0.910. The summed E-state index contributed by atoms with van der Waals surface area (Å²) in [5.74, 6) is -1.06. The Kier molecular flexibility index (Phi) is 5.11. The van der Waals surface area contributed by atoms with Crippen LogP contribution in [-0.2, 0) is 10.3 Å². The Bertz CT molecular complexity index is 480. The van der Waals surface area contributed by atoms with E-state index in [-0.39, 0.29) is 31.0 Å². The Labute approximate surface area is 129 Å². The SMILES string of the molecule is NC(C(=O)O)(c1ccccc1)c1ccccc1.[H-].[Na+]. The van der Waals surface area contributed by atoms with E-state index in [1.54, 1.807) is 48.5 Å². The first-order valence-corrected chi connectivity index (χ1v) is 5.29. The van der Waals surface area contributed by atoms with Crippen LogP contribution in [0.4, 0.5) is 0 Å². The standard InChI is InChI=1S/C14H13NO2.Na.H/c15-14(13(16)17,11-7-3-1-4-8-11)12-9-5-2-6-10-12;;/h1-10H,15H2,(H,16,17);;/q;+1;-1. The van der Waals surface area contributed by atoms with Crippen LogP contribution in [0.3, 0.4) is 0 Å². The van der Waals surface area contributed by atoms with Gasteiger partial charge in [-0.3, -0.25) is 0 Å². The molecule has 18 heavy (non-hydrogen) atoms. The van der Waals surface area contributed by atoms with Crippen molar-refractivity contribution in [1.29, 1.82) is 0 Å². The van der Waals surface area contributed by atoms with Gasteiger partial charge in [0.25, 0.3) is 0 Å². The molecule has 0 saturated heterocycles. The third kappa shape index (κ3) is 2.65. The van der Waals surface area contributed by atoms with Crippen LogP contribution in [0, 0.1) is 0 Å². The summed E-state index contributed by atoms with van der Waals surface area (Å²) in [6, 6.07) is 17.7. The summed E-state index contributed by atoms with van der Waals surface area (Å²) in [6.45, 7) is 0. The van der Waals surface area contributed by atoms with E-state index in [1.165, 1.54) is 0 Å². The second kappa shape index (κ2) is 6.16. The molecule has 0 amide bonds. The van der Waals surface area contributed by atoms with Crippen molar-refractivity contribution in [2.75, 3.05) is 0 Å². The van der Waals surface area contributed by atoms with E-state index in [2.05, 4.69) is 0 Å². The molecule has 0 spiro atoms. The van der Waals surface area contributed by atoms with Crippen LogP contribution in [0.15, 0.2) is 60.7 Å². The van der Waals surface area contributed by atoms with E-state index >= 15 is 0 Å². The molecule has 88 valence electrons. The van der Waals surface area contributed by atoms with Crippen LogP contribution in [0.5, 0.6) is 0 Å². The molecule has 4 heteroatoms. The van der Waals surface area contributed by atoms with Gasteiger partial charge >= 0.3 is 35.5 Å². The van der Waals surface area contributed by atoms with Gasteiger partial charge in [-0.1, -0.05) is 60.7 Å². The number of nitrogens with two attached hydrogens (primary N) is 1. The maximum atomic E-state index is 11.5. The Morgan fingerprint density at radius 2 is 1.28 bits per heavy atom. The molecular weight excluding hydrogens is 237 g/mol. The summed E-state index contributed by atoms with van der Waals surface area (Å²) in [4.78, 5) is 11.5. The van der Waals surface area contributed by atoms with Crippen LogP contribution in [0.1, 0.15) is 12.6 Å². The van der Waals surface area contributed by atoms with E-state index < -0.39 is 11.5 Å². The predicted molar refractivity (Wildman–Crippen MR) is 66.6 cm³/mol. The minimum Gasteiger partial charge on any atom is -1.00 e.